The van der Waals surface area contributed by atoms with Crippen LogP contribution in [0, 0.1) is 0 Å². The lowest BCUT2D eigenvalue weighted by molar-refractivity contribution is -0.139. The van der Waals surface area contributed by atoms with Crippen molar-refractivity contribution in [3.8, 4) is 0 Å². The molecule has 0 radical (unpaired) electrons. The third-order valence-electron chi connectivity index (χ3n) is 2.47. The Labute approximate surface area is 94.8 Å². The van der Waals surface area contributed by atoms with Crippen molar-refractivity contribution in [2.24, 2.45) is 0 Å². The first-order chi connectivity index (χ1) is 7.19. The van der Waals surface area contributed by atoms with E-state index < -0.39 is 0 Å². The first-order valence-electron chi connectivity index (χ1n) is 5.34. The molecule has 1 heterocycles. The Bertz CT molecular complexity index is 246. The van der Waals surface area contributed by atoms with Gasteiger partial charge in [-0.3, -0.25) is 19.8 Å². The molecule has 0 aromatic heterocycles. The Morgan fingerprint density at radius 2 is 2.20 bits per heavy atom. The summed E-state index contributed by atoms with van der Waals surface area (Å²) in [5, 5.41) is 2.37. The molecule has 0 bridgehead atoms. The Morgan fingerprint density at radius 3 is 2.80 bits per heavy atom. The van der Waals surface area contributed by atoms with E-state index >= 15 is 0 Å². The van der Waals surface area contributed by atoms with Crippen molar-refractivity contribution in [1.29, 1.82) is 0 Å². The Kier molecular flexibility index (Phi) is 5.11. The van der Waals surface area contributed by atoms with Crippen molar-refractivity contribution in [3.63, 3.8) is 0 Å². The van der Waals surface area contributed by atoms with Crippen LogP contribution in [0.25, 0.3) is 0 Å². The van der Waals surface area contributed by atoms with Crippen LogP contribution in [0.3, 0.4) is 0 Å². The lowest BCUT2D eigenvalue weighted by Gasteiger charge is -2.33. The average Bonchev–Trinajstić information content (AvgIpc) is 2.17. The zero-order chi connectivity index (χ0) is 11.3. The quantitative estimate of drug-likeness (QED) is 0.551. The first kappa shape index (κ1) is 12.5. The molecule has 4 nitrogen and oxygen atoms in total. The third kappa shape index (κ3) is 3.50. The maximum atomic E-state index is 11.5. The number of piperazine rings is 1. The number of thioether (sulfide) groups is 1. The zero-order valence-corrected chi connectivity index (χ0v) is 10.1. The number of carbonyl (C=O) groups is 2. The fraction of sp³-hybridized carbons (Fsp3) is 0.800. The number of hydrogen-bond donors (Lipinski definition) is 1. The number of nitrogens with one attached hydrogen (secondary N) is 1. The summed E-state index contributed by atoms with van der Waals surface area (Å²) in [7, 11) is 0. The van der Waals surface area contributed by atoms with Gasteiger partial charge in [0.05, 0.1) is 12.6 Å². The average molecular weight is 230 g/mol. The topological polar surface area (TPSA) is 49.4 Å². The molecule has 86 valence electrons. The summed E-state index contributed by atoms with van der Waals surface area (Å²) in [4.78, 5) is 24.7. The Hall–Kier alpha value is -0.550. The van der Waals surface area contributed by atoms with Crippen LogP contribution in [0.2, 0.25) is 0 Å². The van der Waals surface area contributed by atoms with E-state index in [1.54, 1.807) is 0 Å². The van der Waals surface area contributed by atoms with E-state index in [1.807, 2.05) is 23.6 Å². The minimum atomic E-state index is -0.175. The van der Waals surface area contributed by atoms with Gasteiger partial charge in [-0.05, 0) is 12.2 Å². The van der Waals surface area contributed by atoms with Gasteiger partial charge in [0.2, 0.25) is 11.8 Å². The second-order valence-electron chi connectivity index (χ2n) is 3.50. The predicted molar refractivity (Wildman–Crippen MR) is 61.8 cm³/mol. The molecule has 1 aliphatic rings. The summed E-state index contributed by atoms with van der Waals surface area (Å²) >= 11 is 1.83. The van der Waals surface area contributed by atoms with E-state index in [1.165, 1.54) is 0 Å². The smallest absolute Gasteiger partial charge is 0.243 e. The largest absolute Gasteiger partial charge is 0.294 e. The van der Waals surface area contributed by atoms with Gasteiger partial charge >= 0.3 is 0 Å². The van der Waals surface area contributed by atoms with E-state index in [0.717, 1.165) is 24.5 Å². The van der Waals surface area contributed by atoms with Crippen molar-refractivity contribution in [3.05, 3.63) is 0 Å². The van der Waals surface area contributed by atoms with Gasteiger partial charge in [0.1, 0.15) is 0 Å². The van der Waals surface area contributed by atoms with E-state index in [9.17, 15) is 9.59 Å². The van der Waals surface area contributed by atoms with Crippen molar-refractivity contribution in [2.75, 3.05) is 24.6 Å². The third-order valence-corrected chi connectivity index (χ3v) is 3.35. The molecule has 1 rings (SSSR count). The minimum Gasteiger partial charge on any atom is -0.294 e. The predicted octanol–water partition coefficient (Wildman–Crippen LogP) is 0.476. The number of nitrogens with zero attached hydrogens (tertiary/aromatic N) is 1. The summed E-state index contributed by atoms with van der Waals surface area (Å²) in [5.41, 5.74) is 0. The summed E-state index contributed by atoms with van der Waals surface area (Å²) < 4.78 is 0. The highest BCUT2D eigenvalue weighted by atomic mass is 32.2. The number of hydrogen-bond acceptors (Lipinski definition) is 4. The van der Waals surface area contributed by atoms with Crippen LogP contribution in [0.1, 0.15) is 20.3 Å². The van der Waals surface area contributed by atoms with Gasteiger partial charge in [-0.1, -0.05) is 13.8 Å². The molecule has 0 aliphatic carbocycles. The molecule has 0 spiro atoms. The molecule has 1 fully saturated rings. The maximum absolute atomic E-state index is 11.5. The minimum absolute atomic E-state index is 0.125. The van der Waals surface area contributed by atoms with Gasteiger partial charge in [-0.2, -0.15) is 11.8 Å². The highest BCUT2D eigenvalue weighted by molar-refractivity contribution is 7.99. The summed E-state index contributed by atoms with van der Waals surface area (Å²) in [6.45, 7) is 5.25. The molecular weight excluding hydrogens is 212 g/mol. The molecule has 1 aliphatic heterocycles. The van der Waals surface area contributed by atoms with Crippen LogP contribution in [0.15, 0.2) is 0 Å². The highest BCUT2D eigenvalue weighted by Gasteiger charge is 2.31. The van der Waals surface area contributed by atoms with Gasteiger partial charge in [-0.15, -0.1) is 0 Å². The standard InChI is InChI=1S/C10H18N2O2S/c1-3-8-10(14)11-9(13)7-12(8)5-6-15-4-2/h8H,3-7H2,1-2H3,(H,11,13,14). The SMILES string of the molecule is CCSCCN1CC(=O)NC(=O)C1CC. The van der Waals surface area contributed by atoms with Gasteiger partial charge in [0, 0.05) is 12.3 Å². The van der Waals surface area contributed by atoms with Crippen LogP contribution in [0.5, 0.6) is 0 Å². The fourth-order valence-corrected chi connectivity index (χ4v) is 2.38. The molecule has 5 heteroatoms. The summed E-state index contributed by atoms with van der Waals surface area (Å²) in [5.74, 6) is 1.74. The number of amides is 2. The summed E-state index contributed by atoms with van der Waals surface area (Å²) in [6, 6.07) is -0.125. The van der Waals surface area contributed by atoms with Gasteiger partial charge in [0.15, 0.2) is 0 Å². The molecule has 0 aromatic carbocycles. The molecule has 1 saturated heterocycles. The molecule has 1 atom stereocenters. The van der Waals surface area contributed by atoms with Crippen LogP contribution >= 0.6 is 11.8 Å². The van der Waals surface area contributed by atoms with Crippen molar-refractivity contribution in [2.45, 2.75) is 26.3 Å². The molecule has 0 aromatic rings. The monoisotopic (exact) mass is 230 g/mol. The Morgan fingerprint density at radius 1 is 1.47 bits per heavy atom. The zero-order valence-electron chi connectivity index (χ0n) is 9.28. The van der Waals surface area contributed by atoms with E-state index in [4.69, 9.17) is 0 Å². The molecule has 2 amide bonds. The van der Waals surface area contributed by atoms with Crippen molar-refractivity contribution < 1.29 is 9.59 Å². The second kappa shape index (κ2) is 6.12. The molecule has 1 N–H and O–H groups in total. The fourth-order valence-electron chi connectivity index (χ4n) is 1.73. The van der Waals surface area contributed by atoms with E-state index in [2.05, 4.69) is 12.2 Å². The first-order valence-corrected chi connectivity index (χ1v) is 6.50. The van der Waals surface area contributed by atoms with Crippen molar-refractivity contribution in [1.82, 2.24) is 10.2 Å². The molecular formula is C10H18N2O2S. The summed E-state index contributed by atoms with van der Waals surface area (Å²) in [6.07, 6.45) is 0.760. The lowest BCUT2D eigenvalue weighted by atomic mass is 10.1. The maximum Gasteiger partial charge on any atom is 0.243 e. The highest BCUT2D eigenvalue weighted by Crippen LogP contribution is 2.10. The van der Waals surface area contributed by atoms with Gasteiger partial charge in [0.25, 0.3) is 0 Å². The lowest BCUT2D eigenvalue weighted by Crippen LogP contribution is -2.58. The van der Waals surface area contributed by atoms with Crippen molar-refractivity contribution >= 4 is 23.6 Å². The second-order valence-corrected chi connectivity index (χ2v) is 4.90. The number of imide groups is 1. The van der Waals surface area contributed by atoms with Crippen LogP contribution in [-0.4, -0.2) is 47.4 Å². The number of carbonyl (C=O) groups excluding carboxylic acids is 2. The van der Waals surface area contributed by atoms with Crippen LogP contribution < -0.4 is 5.32 Å². The van der Waals surface area contributed by atoms with Crippen LogP contribution in [0.4, 0.5) is 0 Å². The Balaban J connectivity index is 2.49. The van der Waals surface area contributed by atoms with Crippen LogP contribution in [-0.2, 0) is 9.59 Å². The molecule has 0 saturated carbocycles. The normalized spacial score (nSPS) is 22.9. The number of rotatable bonds is 5. The van der Waals surface area contributed by atoms with E-state index in [0.29, 0.717) is 6.54 Å². The van der Waals surface area contributed by atoms with Gasteiger partial charge in [-0.25, -0.2) is 0 Å². The molecule has 15 heavy (non-hydrogen) atoms. The van der Waals surface area contributed by atoms with Gasteiger partial charge < -0.3 is 0 Å². The van der Waals surface area contributed by atoms with E-state index in [-0.39, 0.29) is 17.9 Å². The molecule has 1 unspecified atom stereocenters.